The highest BCUT2D eigenvalue weighted by Crippen LogP contribution is 2.30. The van der Waals surface area contributed by atoms with E-state index in [0.29, 0.717) is 41.9 Å². The van der Waals surface area contributed by atoms with Gasteiger partial charge < -0.3 is 4.90 Å². The van der Waals surface area contributed by atoms with Crippen molar-refractivity contribution in [3.8, 4) is 22.5 Å². The van der Waals surface area contributed by atoms with Crippen molar-refractivity contribution in [2.75, 3.05) is 13.1 Å². The number of carbonyl (C=O) groups excluding carboxylic acids is 1. The number of amides is 1. The van der Waals surface area contributed by atoms with Crippen molar-refractivity contribution in [2.24, 2.45) is 11.8 Å². The summed E-state index contributed by atoms with van der Waals surface area (Å²) in [4.78, 5) is 47.9. The summed E-state index contributed by atoms with van der Waals surface area (Å²) in [5.41, 5.74) is 4.51. The van der Waals surface area contributed by atoms with Gasteiger partial charge in [0, 0.05) is 36.3 Å². The van der Waals surface area contributed by atoms with E-state index >= 15 is 0 Å². The Kier molecular flexibility index (Phi) is 8.33. The van der Waals surface area contributed by atoms with Crippen molar-refractivity contribution >= 4 is 5.91 Å². The van der Waals surface area contributed by atoms with Crippen LogP contribution in [-0.4, -0.2) is 43.6 Å². The van der Waals surface area contributed by atoms with Gasteiger partial charge in [0.05, 0.1) is 13.0 Å². The zero-order chi connectivity index (χ0) is 29.1. The number of nitrogens with one attached hydrogen (secondary N) is 1. The second-order valence-electron chi connectivity index (χ2n) is 11.3. The molecule has 0 bridgehead atoms. The molecule has 2 aromatic heterocycles. The van der Waals surface area contributed by atoms with Crippen LogP contribution in [0.2, 0.25) is 0 Å². The second kappa shape index (κ2) is 12.1. The number of piperidine rings is 1. The molecule has 4 aromatic rings. The molecule has 9 heteroatoms. The Balaban J connectivity index is 1.42. The average Bonchev–Trinajstić information content (AvgIpc) is 3.39. The number of H-pyrrole nitrogens is 1. The molecule has 1 N–H and O–H groups in total. The maximum Gasteiger partial charge on any atom is 0.439 e. The number of aromatic nitrogens is 4. The van der Waals surface area contributed by atoms with Crippen LogP contribution in [0.15, 0.2) is 62.6 Å². The van der Waals surface area contributed by atoms with E-state index in [4.69, 9.17) is 9.51 Å². The molecule has 214 valence electrons. The van der Waals surface area contributed by atoms with Gasteiger partial charge in [-0.3, -0.25) is 23.7 Å². The second-order valence-corrected chi connectivity index (χ2v) is 11.3. The Labute approximate surface area is 239 Å². The van der Waals surface area contributed by atoms with Crippen molar-refractivity contribution in [3.05, 3.63) is 92.1 Å². The van der Waals surface area contributed by atoms with Crippen LogP contribution in [-0.2, 0) is 24.2 Å². The van der Waals surface area contributed by atoms with E-state index in [9.17, 15) is 14.4 Å². The van der Waals surface area contributed by atoms with Crippen LogP contribution in [0.4, 0.5) is 0 Å². The summed E-state index contributed by atoms with van der Waals surface area (Å²) in [7, 11) is 0. The van der Waals surface area contributed by atoms with Crippen molar-refractivity contribution < 1.29 is 9.32 Å². The van der Waals surface area contributed by atoms with Gasteiger partial charge >= 0.3 is 5.76 Å². The minimum Gasteiger partial charge on any atom is -0.342 e. The zero-order valence-corrected chi connectivity index (χ0v) is 24.1. The SMILES string of the molecule is CCCc1nc(C)c(CC(=O)N2CC(C)CC(C)C2)c(=O)n1Cc1ccc(-c2ccccc2-c2noc(=O)[nH]2)cc1. The number of hydrogen-bond acceptors (Lipinski definition) is 6. The van der Waals surface area contributed by atoms with Crippen molar-refractivity contribution in [1.82, 2.24) is 24.6 Å². The standard InChI is InChI=1S/C32H37N5O4/c1-5-8-28-33-22(4)27(16-29(38)36-17-20(2)15-21(3)18-36)31(39)37(28)19-23-11-13-24(14-12-23)25-9-6-7-10-26(25)30-34-32(40)41-35-30/h6-7,9-14,20-21H,5,8,15-19H2,1-4H3,(H,34,35,40). The molecule has 1 aliphatic rings. The number of aromatic amines is 1. The van der Waals surface area contributed by atoms with Gasteiger partial charge in [0.2, 0.25) is 5.91 Å². The fraction of sp³-hybridized carbons (Fsp3) is 0.406. The molecule has 0 radical (unpaired) electrons. The normalized spacial score (nSPS) is 17.1. The fourth-order valence-electron chi connectivity index (χ4n) is 5.93. The van der Waals surface area contributed by atoms with Gasteiger partial charge in [0.15, 0.2) is 5.82 Å². The smallest absolute Gasteiger partial charge is 0.342 e. The maximum absolute atomic E-state index is 13.8. The Morgan fingerprint density at radius 2 is 1.71 bits per heavy atom. The molecule has 0 aliphatic carbocycles. The van der Waals surface area contributed by atoms with Crippen LogP contribution < -0.4 is 11.3 Å². The number of benzene rings is 2. The van der Waals surface area contributed by atoms with Crippen molar-refractivity contribution in [2.45, 2.75) is 59.9 Å². The summed E-state index contributed by atoms with van der Waals surface area (Å²) >= 11 is 0. The first-order valence-electron chi connectivity index (χ1n) is 14.3. The van der Waals surface area contributed by atoms with Gasteiger partial charge in [-0.1, -0.05) is 74.5 Å². The summed E-state index contributed by atoms with van der Waals surface area (Å²) in [5, 5.41) is 3.84. The minimum atomic E-state index is -0.605. The molecule has 0 spiro atoms. The van der Waals surface area contributed by atoms with Gasteiger partial charge in [0.25, 0.3) is 5.56 Å². The van der Waals surface area contributed by atoms with Crippen LogP contribution >= 0.6 is 0 Å². The molecular weight excluding hydrogens is 518 g/mol. The molecule has 5 rings (SSSR count). The number of hydrogen-bond donors (Lipinski definition) is 1. The fourth-order valence-corrected chi connectivity index (χ4v) is 5.93. The van der Waals surface area contributed by atoms with E-state index in [2.05, 4.69) is 30.9 Å². The lowest BCUT2D eigenvalue weighted by atomic mass is 9.91. The maximum atomic E-state index is 13.8. The van der Waals surface area contributed by atoms with Crippen molar-refractivity contribution in [3.63, 3.8) is 0 Å². The monoisotopic (exact) mass is 555 g/mol. The number of carbonyl (C=O) groups is 1. The molecule has 2 atom stereocenters. The van der Waals surface area contributed by atoms with Crippen LogP contribution in [0, 0.1) is 18.8 Å². The Hall–Kier alpha value is -4.27. The number of nitrogens with zero attached hydrogens (tertiary/aromatic N) is 4. The lowest BCUT2D eigenvalue weighted by Gasteiger charge is -2.35. The first-order valence-corrected chi connectivity index (χ1v) is 14.3. The molecule has 41 heavy (non-hydrogen) atoms. The summed E-state index contributed by atoms with van der Waals surface area (Å²) < 4.78 is 6.43. The topological polar surface area (TPSA) is 114 Å². The lowest BCUT2D eigenvalue weighted by molar-refractivity contribution is -0.133. The molecule has 2 unspecified atom stereocenters. The predicted octanol–water partition coefficient (Wildman–Crippen LogP) is 4.61. The van der Waals surface area contributed by atoms with E-state index in [-0.39, 0.29) is 17.9 Å². The molecule has 2 aromatic carbocycles. The van der Waals surface area contributed by atoms with Crippen LogP contribution in [0.25, 0.3) is 22.5 Å². The highest BCUT2D eigenvalue weighted by Gasteiger charge is 2.27. The minimum absolute atomic E-state index is 0.00309. The average molecular weight is 556 g/mol. The molecule has 0 saturated carbocycles. The largest absolute Gasteiger partial charge is 0.439 e. The van der Waals surface area contributed by atoms with E-state index in [1.807, 2.05) is 60.4 Å². The summed E-state index contributed by atoms with van der Waals surface area (Å²) in [6.45, 7) is 10.1. The Morgan fingerprint density at radius 3 is 2.34 bits per heavy atom. The molecule has 1 saturated heterocycles. The third-order valence-electron chi connectivity index (χ3n) is 7.80. The van der Waals surface area contributed by atoms with E-state index in [0.717, 1.165) is 54.0 Å². The van der Waals surface area contributed by atoms with Crippen LogP contribution in [0.5, 0.6) is 0 Å². The number of aryl methyl sites for hydroxylation is 2. The first-order chi connectivity index (χ1) is 19.7. The third-order valence-corrected chi connectivity index (χ3v) is 7.80. The number of rotatable bonds is 8. The van der Waals surface area contributed by atoms with E-state index < -0.39 is 5.76 Å². The molecule has 1 amide bonds. The third kappa shape index (κ3) is 6.24. The summed E-state index contributed by atoms with van der Waals surface area (Å²) in [6.07, 6.45) is 2.72. The lowest BCUT2D eigenvalue weighted by Crippen LogP contribution is -2.44. The molecule has 1 aliphatic heterocycles. The molecule has 9 nitrogen and oxygen atoms in total. The first kappa shape index (κ1) is 28.3. The highest BCUT2D eigenvalue weighted by molar-refractivity contribution is 5.80. The van der Waals surface area contributed by atoms with Crippen LogP contribution in [0.1, 0.15) is 56.3 Å². The number of likely N-dealkylation sites (tertiary alicyclic amines) is 1. The van der Waals surface area contributed by atoms with Gasteiger partial charge in [-0.25, -0.2) is 9.78 Å². The Bertz CT molecular complexity index is 1640. The van der Waals surface area contributed by atoms with E-state index in [1.54, 1.807) is 4.57 Å². The quantitative estimate of drug-likeness (QED) is 0.340. The van der Waals surface area contributed by atoms with Gasteiger partial charge in [0.1, 0.15) is 5.82 Å². The molecule has 1 fully saturated rings. The zero-order valence-electron chi connectivity index (χ0n) is 24.1. The summed E-state index contributed by atoms with van der Waals surface area (Å²) in [5.74, 6) is 1.41. The molecular formula is C32H37N5O4. The molecule has 3 heterocycles. The van der Waals surface area contributed by atoms with Crippen molar-refractivity contribution in [1.29, 1.82) is 0 Å². The van der Waals surface area contributed by atoms with Gasteiger partial charge in [-0.05, 0) is 48.3 Å². The Morgan fingerprint density at radius 1 is 1.02 bits per heavy atom. The van der Waals surface area contributed by atoms with Gasteiger partial charge in [-0.15, -0.1) is 0 Å². The predicted molar refractivity (Wildman–Crippen MR) is 158 cm³/mol. The van der Waals surface area contributed by atoms with Gasteiger partial charge in [-0.2, -0.15) is 0 Å². The summed E-state index contributed by atoms with van der Waals surface area (Å²) in [6, 6.07) is 15.6. The van der Waals surface area contributed by atoms with Crippen LogP contribution in [0.3, 0.4) is 0 Å². The van der Waals surface area contributed by atoms with E-state index in [1.165, 1.54) is 0 Å². The highest BCUT2D eigenvalue weighted by atomic mass is 16.5.